The zero-order valence-electron chi connectivity index (χ0n) is 13.4. The van der Waals surface area contributed by atoms with E-state index >= 15 is 0 Å². The van der Waals surface area contributed by atoms with Gasteiger partial charge in [0.15, 0.2) is 0 Å². The molecule has 21 heavy (non-hydrogen) atoms. The van der Waals surface area contributed by atoms with Crippen molar-refractivity contribution < 1.29 is 0 Å². The summed E-state index contributed by atoms with van der Waals surface area (Å²) in [6, 6.07) is 9.16. The normalized spacial score (nSPS) is 12.4. The third kappa shape index (κ3) is 4.55. The quantitative estimate of drug-likeness (QED) is 0.843. The summed E-state index contributed by atoms with van der Waals surface area (Å²) in [5, 5.41) is 6.98. The van der Waals surface area contributed by atoms with Crippen molar-refractivity contribution in [3.05, 3.63) is 45.9 Å². The van der Waals surface area contributed by atoms with Gasteiger partial charge in [0.2, 0.25) is 0 Å². The van der Waals surface area contributed by atoms with Gasteiger partial charge in [0.25, 0.3) is 0 Å². The first-order chi connectivity index (χ1) is 10.1. The molecule has 4 heteroatoms. The van der Waals surface area contributed by atoms with Crippen LogP contribution in [0.25, 0.3) is 0 Å². The second-order valence-corrected chi connectivity index (χ2v) is 6.52. The highest BCUT2D eigenvalue weighted by atomic mass is 32.1. The molecule has 0 saturated heterocycles. The molecule has 2 rings (SSSR count). The zero-order valence-corrected chi connectivity index (χ0v) is 14.2. The van der Waals surface area contributed by atoms with Crippen molar-refractivity contribution >= 4 is 17.0 Å². The van der Waals surface area contributed by atoms with Crippen LogP contribution in [0.5, 0.6) is 0 Å². The number of thiazole rings is 1. The first-order valence-electron chi connectivity index (χ1n) is 7.51. The van der Waals surface area contributed by atoms with E-state index < -0.39 is 0 Å². The molecule has 1 heterocycles. The van der Waals surface area contributed by atoms with Crippen molar-refractivity contribution in [2.45, 2.75) is 32.7 Å². The second kappa shape index (κ2) is 7.57. The Morgan fingerprint density at radius 1 is 1.24 bits per heavy atom. The number of aromatic nitrogens is 1. The second-order valence-electron chi connectivity index (χ2n) is 5.58. The lowest BCUT2D eigenvalue weighted by atomic mass is 10.0. The number of benzene rings is 1. The topological polar surface area (TPSA) is 28.2 Å². The van der Waals surface area contributed by atoms with Gasteiger partial charge in [0, 0.05) is 43.3 Å². The number of hydrogen-bond donors (Lipinski definition) is 1. The minimum absolute atomic E-state index is 0.340. The number of hydrogen-bond acceptors (Lipinski definition) is 4. The molecule has 0 amide bonds. The maximum atomic E-state index is 4.60. The molecule has 1 unspecified atom stereocenters. The van der Waals surface area contributed by atoms with Crippen LogP contribution in [0.2, 0.25) is 0 Å². The molecule has 2 aromatic rings. The lowest BCUT2D eigenvalue weighted by Gasteiger charge is -2.19. The lowest BCUT2D eigenvalue weighted by molar-refractivity contribution is 0.528. The highest BCUT2D eigenvalue weighted by molar-refractivity contribution is 7.09. The number of aryl methyl sites for hydroxylation is 1. The van der Waals surface area contributed by atoms with Crippen molar-refractivity contribution in [1.29, 1.82) is 0 Å². The molecule has 0 fully saturated rings. The SMILES string of the molecule is CCCNC(Cc1nc(C)cs1)c1ccc(N(C)C)cc1. The first kappa shape index (κ1) is 16.0. The molecule has 0 radical (unpaired) electrons. The maximum absolute atomic E-state index is 4.60. The van der Waals surface area contributed by atoms with E-state index in [0.717, 1.165) is 25.1 Å². The van der Waals surface area contributed by atoms with Crippen molar-refractivity contribution in [3.8, 4) is 0 Å². The van der Waals surface area contributed by atoms with E-state index in [0.29, 0.717) is 6.04 Å². The number of nitrogens with zero attached hydrogens (tertiary/aromatic N) is 2. The molecule has 1 aromatic carbocycles. The number of nitrogens with one attached hydrogen (secondary N) is 1. The van der Waals surface area contributed by atoms with Crippen LogP contribution in [0.3, 0.4) is 0 Å². The fourth-order valence-electron chi connectivity index (χ4n) is 2.30. The molecule has 0 saturated carbocycles. The number of rotatable bonds is 7. The van der Waals surface area contributed by atoms with Gasteiger partial charge in [-0.15, -0.1) is 11.3 Å². The van der Waals surface area contributed by atoms with Gasteiger partial charge in [-0.1, -0.05) is 19.1 Å². The van der Waals surface area contributed by atoms with Crippen molar-refractivity contribution in [2.75, 3.05) is 25.5 Å². The predicted molar refractivity (Wildman–Crippen MR) is 92.4 cm³/mol. The van der Waals surface area contributed by atoms with E-state index in [-0.39, 0.29) is 0 Å². The Morgan fingerprint density at radius 2 is 1.95 bits per heavy atom. The highest BCUT2D eigenvalue weighted by Crippen LogP contribution is 2.23. The van der Waals surface area contributed by atoms with Gasteiger partial charge >= 0.3 is 0 Å². The van der Waals surface area contributed by atoms with Gasteiger partial charge in [-0.2, -0.15) is 0 Å². The van der Waals surface area contributed by atoms with Gasteiger partial charge in [-0.3, -0.25) is 0 Å². The monoisotopic (exact) mass is 303 g/mol. The van der Waals surface area contributed by atoms with E-state index in [9.17, 15) is 0 Å². The zero-order chi connectivity index (χ0) is 15.2. The molecule has 0 aliphatic heterocycles. The Morgan fingerprint density at radius 3 is 2.48 bits per heavy atom. The Labute approximate surface area is 132 Å². The summed E-state index contributed by atoms with van der Waals surface area (Å²) in [4.78, 5) is 6.73. The molecule has 1 aromatic heterocycles. The maximum Gasteiger partial charge on any atom is 0.0947 e. The van der Waals surface area contributed by atoms with E-state index in [1.165, 1.54) is 16.3 Å². The standard InChI is InChI=1S/C17H25N3S/c1-5-10-18-16(11-17-19-13(2)12-21-17)14-6-8-15(9-7-14)20(3)4/h6-9,12,16,18H,5,10-11H2,1-4H3. The summed E-state index contributed by atoms with van der Waals surface area (Å²) < 4.78 is 0. The summed E-state index contributed by atoms with van der Waals surface area (Å²) in [6.07, 6.45) is 2.10. The van der Waals surface area contributed by atoms with Crippen LogP contribution in [0.4, 0.5) is 5.69 Å². The average molecular weight is 303 g/mol. The van der Waals surface area contributed by atoms with Gasteiger partial charge < -0.3 is 10.2 Å². The average Bonchev–Trinajstić information content (AvgIpc) is 2.89. The molecule has 0 spiro atoms. The Hall–Kier alpha value is -1.39. The smallest absolute Gasteiger partial charge is 0.0947 e. The molecule has 114 valence electrons. The van der Waals surface area contributed by atoms with Gasteiger partial charge in [0.1, 0.15) is 0 Å². The molecule has 0 aliphatic carbocycles. The molecular formula is C17H25N3S. The number of anilines is 1. The van der Waals surface area contributed by atoms with Crippen LogP contribution >= 0.6 is 11.3 Å². The van der Waals surface area contributed by atoms with Crippen molar-refractivity contribution in [1.82, 2.24) is 10.3 Å². The van der Waals surface area contributed by atoms with Crippen LogP contribution in [0.15, 0.2) is 29.6 Å². The van der Waals surface area contributed by atoms with Crippen LogP contribution in [0.1, 0.15) is 35.7 Å². The fourth-order valence-corrected chi connectivity index (χ4v) is 3.12. The highest BCUT2D eigenvalue weighted by Gasteiger charge is 2.13. The largest absolute Gasteiger partial charge is 0.378 e. The predicted octanol–water partition coefficient (Wildman–Crippen LogP) is 3.80. The van der Waals surface area contributed by atoms with Crippen molar-refractivity contribution in [3.63, 3.8) is 0 Å². The Bertz CT molecular complexity index is 545. The van der Waals surface area contributed by atoms with Gasteiger partial charge in [0.05, 0.1) is 5.01 Å². The first-order valence-corrected chi connectivity index (χ1v) is 8.39. The fraction of sp³-hybridized carbons (Fsp3) is 0.471. The molecule has 0 aliphatic rings. The molecule has 3 nitrogen and oxygen atoms in total. The summed E-state index contributed by atoms with van der Waals surface area (Å²) in [6.45, 7) is 5.29. The molecule has 1 atom stereocenters. The lowest BCUT2D eigenvalue weighted by Crippen LogP contribution is -2.24. The Balaban J connectivity index is 2.14. The van der Waals surface area contributed by atoms with Crippen LogP contribution in [-0.2, 0) is 6.42 Å². The van der Waals surface area contributed by atoms with Crippen molar-refractivity contribution in [2.24, 2.45) is 0 Å². The molecular weight excluding hydrogens is 278 g/mol. The minimum Gasteiger partial charge on any atom is -0.378 e. The summed E-state index contributed by atoms with van der Waals surface area (Å²) in [7, 11) is 4.14. The summed E-state index contributed by atoms with van der Waals surface area (Å²) in [5.74, 6) is 0. The minimum atomic E-state index is 0.340. The third-order valence-electron chi connectivity index (χ3n) is 3.50. The van der Waals surface area contributed by atoms with Crippen LogP contribution in [-0.4, -0.2) is 25.6 Å². The van der Waals surface area contributed by atoms with Crippen LogP contribution in [0, 0.1) is 6.92 Å². The van der Waals surface area contributed by atoms with E-state index in [4.69, 9.17) is 0 Å². The van der Waals surface area contributed by atoms with E-state index in [1.54, 1.807) is 11.3 Å². The third-order valence-corrected chi connectivity index (χ3v) is 4.49. The van der Waals surface area contributed by atoms with Gasteiger partial charge in [-0.25, -0.2) is 4.98 Å². The molecule has 1 N–H and O–H groups in total. The molecule has 0 bridgehead atoms. The summed E-state index contributed by atoms with van der Waals surface area (Å²) >= 11 is 1.75. The van der Waals surface area contributed by atoms with Gasteiger partial charge in [-0.05, 0) is 37.6 Å². The van der Waals surface area contributed by atoms with Crippen LogP contribution < -0.4 is 10.2 Å². The van der Waals surface area contributed by atoms with E-state index in [1.807, 2.05) is 0 Å². The summed E-state index contributed by atoms with van der Waals surface area (Å²) in [5.41, 5.74) is 3.69. The Kier molecular flexibility index (Phi) is 5.76. The van der Waals surface area contributed by atoms with E-state index in [2.05, 4.69) is 72.8 Å².